The highest BCUT2D eigenvalue weighted by molar-refractivity contribution is 5.80. The third-order valence-electron chi connectivity index (χ3n) is 3.07. The van der Waals surface area contributed by atoms with Crippen LogP contribution in [0.25, 0.3) is 0 Å². The third kappa shape index (κ3) is 3.99. The van der Waals surface area contributed by atoms with Crippen molar-refractivity contribution >= 4 is 5.91 Å². The van der Waals surface area contributed by atoms with E-state index in [0.29, 0.717) is 17.7 Å². The Balaban J connectivity index is 2.80. The number of alkyl halides is 6. The average Bonchev–Trinajstić information content (AvgIpc) is 2.62. The van der Waals surface area contributed by atoms with Crippen LogP contribution in [0.1, 0.15) is 12.8 Å². The zero-order valence-corrected chi connectivity index (χ0v) is 9.89. The van der Waals surface area contributed by atoms with Crippen LogP contribution in [0.5, 0.6) is 0 Å². The third-order valence-corrected chi connectivity index (χ3v) is 3.07. The molecule has 1 heterocycles. The van der Waals surface area contributed by atoms with Crippen LogP contribution in [0.4, 0.5) is 26.3 Å². The second-order valence-corrected chi connectivity index (χ2v) is 4.53. The predicted octanol–water partition coefficient (Wildman–Crippen LogP) is 1.92. The van der Waals surface area contributed by atoms with Gasteiger partial charge in [-0.2, -0.15) is 26.3 Å². The van der Waals surface area contributed by atoms with E-state index in [0.717, 1.165) is 0 Å². The first-order chi connectivity index (χ1) is 8.57. The quantitative estimate of drug-likeness (QED) is 0.808. The summed E-state index contributed by atoms with van der Waals surface area (Å²) in [6.07, 6.45) is -10.4. The molecule has 1 rings (SSSR count). The minimum Gasteiger partial charge on any atom is -0.342 e. The number of nitrogens with two attached hydrogens (primary N) is 1. The topological polar surface area (TPSA) is 46.3 Å². The zero-order chi connectivity index (χ0) is 14.8. The summed E-state index contributed by atoms with van der Waals surface area (Å²) >= 11 is 0. The molecule has 0 aromatic carbocycles. The molecule has 1 atom stereocenters. The van der Waals surface area contributed by atoms with Crippen molar-refractivity contribution in [1.29, 1.82) is 0 Å². The van der Waals surface area contributed by atoms with Gasteiger partial charge in [-0.05, 0) is 25.3 Å². The fourth-order valence-electron chi connectivity index (χ4n) is 2.15. The summed E-state index contributed by atoms with van der Waals surface area (Å²) in [5, 5.41) is 0. The van der Waals surface area contributed by atoms with Crippen LogP contribution in [0.15, 0.2) is 0 Å². The first kappa shape index (κ1) is 16.1. The summed E-state index contributed by atoms with van der Waals surface area (Å²) in [7, 11) is 0. The number of likely N-dealkylation sites (tertiary alicyclic amines) is 1. The van der Waals surface area contributed by atoms with E-state index >= 15 is 0 Å². The van der Waals surface area contributed by atoms with Crippen LogP contribution in [0, 0.1) is 11.8 Å². The molecular weight excluding hydrogens is 278 g/mol. The van der Waals surface area contributed by atoms with E-state index in [1.165, 1.54) is 0 Å². The molecule has 0 spiro atoms. The smallest absolute Gasteiger partial charge is 0.342 e. The van der Waals surface area contributed by atoms with E-state index in [1.807, 2.05) is 0 Å². The van der Waals surface area contributed by atoms with E-state index < -0.39 is 24.2 Å². The van der Waals surface area contributed by atoms with Gasteiger partial charge in [0.05, 0.1) is 0 Å². The fraction of sp³-hybridized carbons (Fsp3) is 0.900. The van der Waals surface area contributed by atoms with Crippen LogP contribution in [-0.4, -0.2) is 42.8 Å². The maximum Gasteiger partial charge on any atom is 0.409 e. The van der Waals surface area contributed by atoms with E-state index in [9.17, 15) is 31.1 Å². The monoisotopic (exact) mass is 292 g/mol. The van der Waals surface area contributed by atoms with Crippen LogP contribution in [-0.2, 0) is 4.79 Å². The van der Waals surface area contributed by atoms with Gasteiger partial charge in [0, 0.05) is 13.1 Å². The maximum atomic E-state index is 12.4. The van der Waals surface area contributed by atoms with Crippen LogP contribution < -0.4 is 5.73 Å². The van der Waals surface area contributed by atoms with Gasteiger partial charge in [-0.3, -0.25) is 4.79 Å². The molecular formula is C10H14F6N2O. The summed E-state index contributed by atoms with van der Waals surface area (Å²) in [6.45, 7) is 0.0967. The highest BCUT2D eigenvalue weighted by Crippen LogP contribution is 2.41. The van der Waals surface area contributed by atoms with Crippen molar-refractivity contribution in [3.05, 3.63) is 0 Å². The summed E-state index contributed by atoms with van der Waals surface area (Å²) in [5.74, 6) is -5.98. The molecule has 9 heteroatoms. The molecule has 0 saturated carbocycles. The predicted molar refractivity (Wildman–Crippen MR) is 54.0 cm³/mol. The molecule has 1 unspecified atom stereocenters. The van der Waals surface area contributed by atoms with Crippen molar-refractivity contribution in [1.82, 2.24) is 4.90 Å². The lowest BCUT2D eigenvalue weighted by molar-refractivity contribution is -0.277. The Labute approximate surface area is 105 Å². The van der Waals surface area contributed by atoms with E-state index in [2.05, 4.69) is 0 Å². The van der Waals surface area contributed by atoms with Gasteiger partial charge >= 0.3 is 12.4 Å². The minimum absolute atomic E-state index is 0.0911. The summed E-state index contributed by atoms with van der Waals surface area (Å²) in [5.41, 5.74) is 5.26. The Morgan fingerprint density at radius 3 is 2.16 bits per heavy atom. The number of halogens is 6. The lowest BCUT2D eigenvalue weighted by atomic mass is 10.1. The Morgan fingerprint density at radius 2 is 1.74 bits per heavy atom. The van der Waals surface area contributed by atoms with Crippen LogP contribution >= 0.6 is 0 Å². The molecule has 0 aromatic heterocycles. The number of nitrogens with zero attached hydrogens (tertiary/aromatic N) is 1. The van der Waals surface area contributed by atoms with E-state index in [-0.39, 0.29) is 25.6 Å². The van der Waals surface area contributed by atoms with Gasteiger partial charge in [0.25, 0.3) is 0 Å². The lowest BCUT2D eigenvalue weighted by Gasteiger charge is -2.26. The van der Waals surface area contributed by atoms with Gasteiger partial charge in [-0.25, -0.2) is 0 Å². The SMILES string of the molecule is NCCC1CCN(C(=O)C(C(F)(F)F)C(F)(F)F)C1. The second kappa shape index (κ2) is 5.56. The number of hydrogen-bond acceptors (Lipinski definition) is 2. The van der Waals surface area contributed by atoms with E-state index in [4.69, 9.17) is 5.73 Å². The van der Waals surface area contributed by atoms with Crippen molar-refractivity contribution in [3.63, 3.8) is 0 Å². The second-order valence-electron chi connectivity index (χ2n) is 4.53. The van der Waals surface area contributed by atoms with Crippen molar-refractivity contribution in [2.75, 3.05) is 19.6 Å². The van der Waals surface area contributed by atoms with Crippen molar-refractivity contribution in [2.24, 2.45) is 17.6 Å². The standard InChI is InChI=1S/C10H14F6N2O/c11-9(12,13)7(10(14,15)16)8(19)18-4-2-6(5-18)1-3-17/h6-7H,1-5,17H2. The first-order valence-corrected chi connectivity index (χ1v) is 5.69. The Morgan fingerprint density at radius 1 is 1.21 bits per heavy atom. The summed E-state index contributed by atoms with van der Waals surface area (Å²) in [4.78, 5) is 12.1. The van der Waals surface area contributed by atoms with Crippen molar-refractivity contribution in [3.8, 4) is 0 Å². The molecule has 2 N–H and O–H groups in total. The van der Waals surface area contributed by atoms with Crippen LogP contribution in [0.3, 0.4) is 0 Å². The first-order valence-electron chi connectivity index (χ1n) is 5.69. The number of hydrogen-bond donors (Lipinski definition) is 1. The molecule has 3 nitrogen and oxygen atoms in total. The molecule has 19 heavy (non-hydrogen) atoms. The largest absolute Gasteiger partial charge is 0.409 e. The molecule has 0 radical (unpaired) electrons. The number of amides is 1. The molecule has 1 fully saturated rings. The Kier molecular flexibility index (Phi) is 4.70. The van der Waals surface area contributed by atoms with Crippen molar-refractivity contribution in [2.45, 2.75) is 25.2 Å². The zero-order valence-electron chi connectivity index (χ0n) is 9.89. The number of rotatable bonds is 3. The Hall–Kier alpha value is -0.990. The Bertz CT molecular complexity index is 313. The highest BCUT2D eigenvalue weighted by Gasteiger charge is 2.62. The highest BCUT2D eigenvalue weighted by atomic mass is 19.4. The fourth-order valence-corrected chi connectivity index (χ4v) is 2.15. The molecule has 0 aliphatic carbocycles. The molecule has 0 aromatic rings. The molecule has 1 saturated heterocycles. The van der Waals surface area contributed by atoms with Crippen molar-refractivity contribution < 1.29 is 31.1 Å². The lowest BCUT2D eigenvalue weighted by Crippen LogP contribution is -2.49. The molecule has 1 aliphatic rings. The minimum atomic E-state index is -5.62. The van der Waals surface area contributed by atoms with Gasteiger partial charge in [-0.15, -0.1) is 0 Å². The van der Waals surface area contributed by atoms with Gasteiger partial charge in [0.15, 0.2) is 0 Å². The summed E-state index contributed by atoms with van der Waals surface area (Å²) < 4.78 is 74.3. The molecule has 112 valence electrons. The average molecular weight is 292 g/mol. The van der Waals surface area contributed by atoms with Gasteiger partial charge in [0.2, 0.25) is 11.8 Å². The number of carbonyl (C=O) groups excluding carboxylic acids is 1. The normalized spacial score (nSPS) is 21.3. The van der Waals surface area contributed by atoms with Gasteiger partial charge in [-0.1, -0.05) is 0 Å². The van der Waals surface area contributed by atoms with E-state index in [1.54, 1.807) is 0 Å². The van der Waals surface area contributed by atoms with Gasteiger partial charge in [0.1, 0.15) is 0 Å². The molecule has 1 aliphatic heterocycles. The van der Waals surface area contributed by atoms with Crippen LogP contribution in [0.2, 0.25) is 0 Å². The van der Waals surface area contributed by atoms with Gasteiger partial charge < -0.3 is 10.6 Å². The molecule has 1 amide bonds. The summed E-state index contributed by atoms with van der Waals surface area (Å²) in [6, 6.07) is 0. The number of carbonyl (C=O) groups is 1. The molecule has 0 bridgehead atoms. The maximum absolute atomic E-state index is 12.4.